The van der Waals surface area contributed by atoms with Crippen molar-refractivity contribution in [3.05, 3.63) is 35.2 Å². The zero-order chi connectivity index (χ0) is 20.9. The van der Waals surface area contributed by atoms with Gasteiger partial charge in [-0.1, -0.05) is 23.1 Å². The van der Waals surface area contributed by atoms with E-state index >= 15 is 0 Å². The molecule has 1 aliphatic rings. The first-order valence-electron chi connectivity index (χ1n) is 9.09. The second-order valence-electron chi connectivity index (χ2n) is 6.39. The van der Waals surface area contributed by atoms with E-state index < -0.39 is 11.6 Å². The second kappa shape index (κ2) is 9.77. The third-order valence-electron chi connectivity index (χ3n) is 4.20. The molecule has 158 valence electrons. The van der Waals surface area contributed by atoms with E-state index in [9.17, 15) is 13.6 Å². The molecule has 0 saturated carbocycles. The number of nitrogens with zero attached hydrogens (tertiary/aromatic N) is 3. The van der Waals surface area contributed by atoms with E-state index in [1.165, 1.54) is 40.5 Å². The Labute approximate surface area is 183 Å². The summed E-state index contributed by atoms with van der Waals surface area (Å²) in [5.74, 6) is -1.94. The Morgan fingerprint density at radius 3 is 2.97 bits per heavy atom. The molecule has 0 aliphatic carbocycles. The maximum absolute atomic E-state index is 13.4. The zero-order valence-corrected chi connectivity index (χ0v) is 18.0. The van der Waals surface area contributed by atoms with Crippen LogP contribution in [0, 0.1) is 11.6 Å². The SMILES string of the molecule is O=C(CSc1nnc(NC[C@H]2CCCO2)s1)Nc1nc(-c2ccc(F)c(F)c2)cs1. The molecule has 1 amide bonds. The van der Waals surface area contributed by atoms with Crippen molar-refractivity contribution in [2.24, 2.45) is 0 Å². The van der Waals surface area contributed by atoms with Crippen LogP contribution in [0.15, 0.2) is 27.9 Å². The number of anilines is 2. The summed E-state index contributed by atoms with van der Waals surface area (Å²) in [5, 5.41) is 16.8. The summed E-state index contributed by atoms with van der Waals surface area (Å²) in [4.78, 5) is 16.4. The van der Waals surface area contributed by atoms with Crippen LogP contribution in [0.5, 0.6) is 0 Å². The minimum Gasteiger partial charge on any atom is -0.376 e. The fraction of sp³-hybridized carbons (Fsp3) is 0.333. The lowest BCUT2D eigenvalue weighted by molar-refractivity contribution is -0.113. The van der Waals surface area contributed by atoms with Gasteiger partial charge in [-0.2, -0.15) is 0 Å². The van der Waals surface area contributed by atoms with E-state index in [0.717, 1.165) is 31.6 Å². The van der Waals surface area contributed by atoms with E-state index in [0.29, 0.717) is 32.4 Å². The number of carbonyl (C=O) groups is 1. The number of benzene rings is 1. The van der Waals surface area contributed by atoms with E-state index in [1.54, 1.807) is 5.38 Å². The van der Waals surface area contributed by atoms with Crippen LogP contribution in [-0.2, 0) is 9.53 Å². The Morgan fingerprint density at radius 1 is 1.27 bits per heavy atom. The van der Waals surface area contributed by atoms with Gasteiger partial charge in [0.05, 0.1) is 17.6 Å². The maximum Gasteiger partial charge on any atom is 0.236 e. The molecule has 30 heavy (non-hydrogen) atoms. The highest BCUT2D eigenvalue weighted by Gasteiger charge is 2.16. The average Bonchev–Trinajstić information content (AvgIpc) is 3.49. The van der Waals surface area contributed by atoms with Crippen LogP contribution in [-0.4, -0.2) is 46.1 Å². The molecule has 1 aliphatic heterocycles. The molecule has 12 heteroatoms. The Bertz CT molecular complexity index is 1020. The second-order valence-corrected chi connectivity index (χ2v) is 9.45. The van der Waals surface area contributed by atoms with Gasteiger partial charge in [-0.3, -0.25) is 4.79 Å². The van der Waals surface area contributed by atoms with Gasteiger partial charge in [-0.05, 0) is 31.0 Å². The molecule has 0 unspecified atom stereocenters. The van der Waals surface area contributed by atoms with E-state index in [4.69, 9.17) is 4.74 Å². The minimum atomic E-state index is -0.941. The number of amides is 1. The molecule has 3 heterocycles. The standard InChI is InChI=1S/C18H17F2N5O2S3/c19-12-4-3-10(6-13(12)20)14-8-28-17(22-14)23-15(26)9-29-18-25-24-16(30-18)21-7-11-2-1-5-27-11/h3-4,6,8,11H,1-2,5,7,9H2,(H,21,24)(H,22,23,26)/t11-/m1/s1. The lowest BCUT2D eigenvalue weighted by Gasteiger charge is -2.08. The monoisotopic (exact) mass is 469 g/mol. The Kier molecular flexibility index (Phi) is 6.87. The van der Waals surface area contributed by atoms with Crippen LogP contribution >= 0.6 is 34.4 Å². The minimum absolute atomic E-state index is 0.153. The molecule has 0 bridgehead atoms. The maximum atomic E-state index is 13.4. The summed E-state index contributed by atoms with van der Waals surface area (Å²) in [5.41, 5.74) is 0.907. The Hall–Kier alpha value is -2.15. The summed E-state index contributed by atoms with van der Waals surface area (Å²) in [6, 6.07) is 3.56. The summed E-state index contributed by atoms with van der Waals surface area (Å²) < 4.78 is 32.7. The normalized spacial score (nSPS) is 16.0. The van der Waals surface area contributed by atoms with Crippen LogP contribution in [0.2, 0.25) is 0 Å². The van der Waals surface area contributed by atoms with Gasteiger partial charge >= 0.3 is 0 Å². The van der Waals surface area contributed by atoms with Gasteiger partial charge in [-0.15, -0.1) is 21.5 Å². The third-order valence-corrected chi connectivity index (χ3v) is 6.98. The quantitative estimate of drug-likeness (QED) is 0.477. The van der Waals surface area contributed by atoms with Gasteiger partial charge in [0.25, 0.3) is 0 Å². The molecule has 2 aromatic heterocycles. The van der Waals surface area contributed by atoms with Crippen molar-refractivity contribution in [3.63, 3.8) is 0 Å². The highest BCUT2D eigenvalue weighted by atomic mass is 32.2. The number of rotatable bonds is 8. The van der Waals surface area contributed by atoms with Crippen molar-refractivity contribution in [1.82, 2.24) is 15.2 Å². The van der Waals surface area contributed by atoms with Crippen molar-refractivity contribution in [1.29, 1.82) is 0 Å². The van der Waals surface area contributed by atoms with Crippen LogP contribution in [0.25, 0.3) is 11.3 Å². The molecule has 4 rings (SSSR count). The van der Waals surface area contributed by atoms with E-state index in [1.807, 2.05) is 0 Å². The number of halogens is 2. The summed E-state index contributed by atoms with van der Waals surface area (Å²) in [6.45, 7) is 1.50. The number of thioether (sulfide) groups is 1. The topological polar surface area (TPSA) is 89.0 Å². The van der Waals surface area contributed by atoms with Gasteiger partial charge in [-0.25, -0.2) is 13.8 Å². The highest BCUT2D eigenvalue weighted by molar-refractivity contribution is 8.01. The fourth-order valence-electron chi connectivity index (χ4n) is 2.75. The van der Waals surface area contributed by atoms with Crippen LogP contribution < -0.4 is 10.6 Å². The molecule has 0 radical (unpaired) electrons. The molecular weight excluding hydrogens is 452 g/mol. The van der Waals surface area contributed by atoms with Gasteiger partial charge in [0.1, 0.15) is 0 Å². The van der Waals surface area contributed by atoms with Gasteiger partial charge in [0.2, 0.25) is 11.0 Å². The highest BCUT2D eigenvalue weighted by Crippen LogP contribution is 2.28. The lowest BCUT2D eigenvalue weighted by Crippen LogP contribution is -2.18. The van der Waals surface area contributed by atoms with E-state index in [-0.39, 0.29) is 17.8 Å². The first kappa shape index (κ1) is 21.1. The Morgan fingerprint density at radius 2 is 2.17 bits per heavy atom. The molecule has 1 fully saturated rings. The van der Waals surface area contributed by atoms with Crippen molar-refractivity contribution >= 4 is 50.6 Å². The number of ether oxygens (including phenoxy) is 1. The Balaban J connectivity index is 1.25. The summed E-state index contributed by atoms with van der Waals surface area (Å²) in [7, 11) is 0. The molecule has 3 aromatic rings. The van der Waals surface area contributed by atoms with Crippen molar-refractivity contribution in [2.75, 3.05) is 29.5 Å². The van der Waals surface area contributed by atoms with Gasteiger partial charge < -0.3 is 15.4 Å². The molecular formula is C18H17F2N5O2S3. The van der Waals surface area contributed by atoms with Crippen molar-refractivity contribution in [3.8, 4) is 11.3 Å². The van der Waals surface area contributed by atoms with Crippen molar-refractivity contribution < 1.29 is 18.3 Å². The predicted octanol–water partition coefficient (Wildman–Crippen LogP) is 4.26. The third kappa shape index (κ3) is 5.50. The first-order chi connectivity index (χ1) is 14.6. The largest absolute Gasteiger partial charge is 0.376 e. The number of hydrogen-bond donors (Lipinski definition) is 2. The smallest absolute Gasteiger partial charge is 0.236 e. The van der Waals surface area contributed by atoms with Gasteiger partial charge in [0, 0.05) is 24.1 Å². The average molecular weight is 470 g/mol. The number of aromatic nitrogens is 3. The summed E-state index contributed by atoms with van der Waals surface area (Å²) >= 11 is 3.88. The number of hydrogen-bond acceptors (Lipinski definition) is 9. The van der Waals surface area contributed by atoms with Crippen LogP contribution in [0.1, 0.15) is 12.8 Å². The molecule has 0 spiro atoms. The number of thiazole rings is 1. The lowest BCUT2D eigenvalue weighted by atomic mass is 10.2. The predicted molar refractivity (Wildman–Crippen MR) is 114 cm³/mol. The summed E-state index contributed by atoms with van der Waals surface area (Å²) in [6.07, 6.45) is 2.34. The first-order valence-corrected chi connectivity index (χ1v) is 11.8. The molecule has 1 atom stereocenters. The molecule has 1 saturated heterocycles. The molecule has 7 nitrogen and oxygen atoms in total. The van der Waals surface area contributed by atoms with Crippen LogP contribution in [0.3, 0.4) is 0 Å². The van der Waals surface area contributed by atoms with E-state index in [2.05, 4.69) is 25.8 Å². The number of carbonyl (C=O) groups excluding carboxylic acids is 1. The number of nitrogens with one attached hydrogen (secondary N) is 2. The molecule has 1 aromatic carbocycles. The molecule has 2 N–H and O–H groups in total. The van der Waals surface area contributed by atoms with Crippen LogP contribution in [0.4, 0.5) is 19.0 Å². The fourth-order valence-corrected chi connectivity index (χ4v) is 5.04. The van der Waals surface area contributed by atoms with Gasteiger partial charge in [0.15, 0.2) is 21.1 Å². The van der Waals surface area contributed by atoms with Crippen molar-refractivity contribution in [2.45, 2.75) is 23.3 Å². The zero-order valence-electron chi connectivity index (χ0n) is 15.6.